The van der Waals surface area contributed by atoms with Crippen LogP contribution in [0.25, 0.3) is 0 Å². The Morgan fingerprint density at radius 3 is 2.93 bits per heavy atom. The van der Waals surface area contributed by atoms with E-state index in [4.69, 9.17) is 4.74 Å². The molecule has 15 heavy (non-hydrogen) atoms. The lowest BCUT2D eigenvalue weighted by Gasteiger charge is -2.30. The Hall–Kier alpha value is -1.12. The molecule has 0 aliphatic heterocycles. The van der Waals surface area contributed by atoms with Gasteiger partial charge < -0.3 is 4.74 Å². The van der Waals surface area contributed by atoms with Crippen LogP contribution in [-0.4, -0.2) is 18.9 Å². The zero-order chi connectivity index (χ0) is 11.0. The van der Waals surface area contributed by atoms with E-state index in [1.54, 1.807) is 0 Å². The van der Waals surface area contributed by atoms with Gasteiger partial charge in [-0.05, 0) is 25.7 Å². The summed E-state index contributed by atoms with van der Waals surface area (Å²) in [7, 11) is 1.39. The van der Waals surface area contributed by atoms with Gasteiger partial charge in [0.15, 0.2) is 0 Å². The van der Waals surface area contributed by atoms with Crippen molar-refractivity contribution in [2.24, 2.45) is 17.8 Å². The molecule has 3 atom stereocenters. The van der Waals surface area contributed by atoms with Gasteiger partial charge in [0.2, 0.25) is 0 Å². The first-order valence-corrected chi connectivity index (χ1v) is 5.42. The van der Waals surface area contributed by atoms with Crippen LogP contribution in [0.1, 0.15) is 26.2 Å². The van der Waals surface area contributed by atoms with Crippen LogP contribution in [0.15, 0.2) is 11.6 Å². The van der Waals surface area contributed by atoms with Crippen molar-refractivity contribution in [3.63, 3.8) is 0 Å². The van der Waals surface area contributed by atoms with Gasteiger partial charge in [-0.3, -0.25) is 9.59 Å². The van der Waals surface area contributed by atoms with Crippen LogP contribution in [0.4, 0.5) is 0 Å². The van der Waals surface area contributed by atoms with E-state index in [2.05, 4.69) is 13.0 Å². The lowest BCUT2D eigenvalue weighted by Crippen LogP contribution is -2.34. The first-order valence-electron chi connectivity index (χ1n) is 5.42. The van der Waals surface area contributed by atoms with Gasteiger partial charge >= 0.3 is 5.97 Å². The molecule has 1 saturated carbocycles. The van der Waals surface area contributed by atoms with Crippen LogP contribution >= 0.6 is 0 Å². The molecule has 0 radical (unpaired) electrons. The molecule has 2 aliphatic carbocycles. The van der Waals surface area contributed by atoms with Crippen molar-refractivity contribution in [1.82, 2.24) is 0 Å². The first-order chi connectivity index (χ1) is 7.15. The molecule has 0 amide bonds. The summed E-state index contributed by atoms with van der Waals surface area (Å²) in [5.74, 6) is -0.0525. The van der Waals surface area contributed by atoms with Gasteiger partial charge in [0, 0.05) is 12.3 Å². The van der Waals surface area contributed by atoms with Crippen LogP contribution < -0.4 is 0 Å². The van der Waals surface area contributed by atoms with Crippen molar-refractivity contribution < 1.29 is 14.3 Å². The molecule has 0 saturated heterocycles. The van der Waals surface area contributed by atoms with Crippen LogP contribution in [0.2, 0.25) is 0 Å². The molecule has 0 aromatic rings. The predicted molar refractivity (Wildman–Crippen MR) is 55.1 cm³/mol. The Balaban J connectivity index is 2.28. The second kappa shape index (κ2) is 3.80. The van der Waals surface area contributed by atoms with Gasteiger partial charge in [-0.2, -0.15) is 0 Å². The molecule has 3 unspecified atom stereocenters. The van der Waals surface area contributed by atoms with Gasteiger partial charge in [0.05, 0.1) is 13.0 Å². The van der Waals surface area contributed by atoms with E-state index in [1.807, 2.05) is 0 Å². The molecule has 3 heteroatoms. The fourth-order valence-electron chi connectivity index (χ4n) is 2.89. The molecule has 0 spiro atoms. The van der Waals surface area contributed by atoms with Crippen LogP contribution in [-0.2, 0) is 14.3 Å². The molecule has 0 N–H and O–H groups in total. The number of carbonyl (C=O) groups is 2. The largest absolute Gasteiger partial charge is 0.469 e. The normalized spacial score (nSPS) is 34.7. The SMILES string of the molecule is COC(=O)C1CC=C(C)C2CCC(=O)C12. The molecule has 0 bridgehead atoms. The van der Waals surface area contributed by atoms with Gasteiger partial charge in [0.1, 0.15) is 5.78 Å². The number of allylic oxidation sites excluding steroid dienone is 2. The number of esters is 1. The highest BCUT2D eigenvalue weighted by molar-refractivity contribution is 5.89. The second-order valence-corrected chi connectivity index (χ2v) is 4.45. The van der Waals surface area contributed by atoms with E-state index in [1.165, 1.54) is 12.7 Å². The molecule has 82 valence electrons. The summed E-state index contributed by atoms with van der Waals surface area (Å²) in [6.07, 6.45) is 4.26. The molecule has 0 aromatic heterocycles. The molecule has 2 aliphatic rings. The van der Waals surface area contributed by atoms with E-state index >= 15 is 0 Å². The lowest BCUT2D eigenvalue weighted by molar-refractivity contribution is -0.150. The standard InChI is InChI=1S/C12H16O3/c1-7-3-4-9(12(14)15-2)11-8(7)5-6-10(11)13/h3,8-9,11H,4-6H2,1-2H3. The molecule has 1 fully saturated rings. The average Bonchev–Trinajstić information content (AvgIpc) is 2.62. The van der Waals surface area contributed by atoms with Crippen molar-refractivity contribution in [1.29, 1.82) is 0 Å². The minimum absolute atomic E-state index is 0.109. The third-order valence-corrected chi connectivity index (χ3v) is 3.72. The van der Waals surface area contributed by atoms with Crippen molar-refractivity contribution in [3.8, 4) is 0 Å². The Bertz CT molecular complexity index is 330. The van der Waals surface area contributed by atoms with Gasteiger partial charge in [-0.15, -0.1) is 0 Å². The fourth-order valence-corrected chi connectivity index (χ4v) is 2.89. The highest BCUT2D eigenvalue weighted by atomic mass is 16.5. The van der Waals surface area contributed by atoms with Crippen molar-refractivity contribution in [3.05, 3.63) is 11.6 Å². The molecule has 3 nitrogen and oxygen atoms in total. The van der Waals surface area contributed by atoms with Crippen molar-refractivity contribution >= 4 is 11.8 Å². The maximum Gasteiger partial charge on any atom is 0.309 e. The number of hydrogen-bond acceptors (Lipinski definition) is 3. The van der Waals surface area contributed by atoms with Gasteiger partial charge in [-0.1, -0.05) is 11.6 Å². The number of Topliss-reactive ketones (excluding diaryl/α,β-unsaturated/α-hetero) is 1. The van der Waals surface area contributed by atoms with E-state index < -0.39 is 0 Å². The summed E-state index contributed by atoms with van der Waals surface area (Å²) in [6, 6.07) is 0. The smallest absolute Gasteiger partial charge is 0.309 e. The number of methoxy groups -OCH3 is 1. The minimum atomic E-state index is -0.237. The topological polar surface area (TPSA) is 43.4 Å². The molecular weight excluding hydrogens is 192 g/mol. The van der Waals surface area contributed by atoms with Gasteiger partial charge in [-0.25, -0.2) is 0 Å². The number of fused-ring (bicyclic) bond motifs is 1. The average molecular weight is 208 g/mol. The maximum atomic E-state index is 11.7. The summed E-state index contributed by atoms with van der Waals surface area (Å²) < 4.78 is 4.76. The van der Waals surface area contributed by atoms with Crippen LogP contribution in [0.5, 0.6) is 0 Å². The number of hydrogen-bond donors (Lipinski definition) is 0. The molecular formula is C12H16O3. The molecule has 0 aromatic carbocycles. The minimum Gasteiger partial charge on any atom is -0.469 e. The van der Waals surface area contributed by atoms with E-state index in [0.717, 1.165) is 6.42 Å². The van der Waals surface area contributed by atoms with Crippen molar-refractivity contribution in [2.75, 3.05) is 7.11 Å². The van der Waals surface area contributed by atoms with E-state index in [-0.39, 0.29) is 29.5 Å². The first kappa shape index (κ1) is 10.4. The molecule has 0 heterocycles. The molecule has 2 rings (SSSR count). The number of carbonyl (C=O) groups excluding carboxylic acids is 2. The quantitative estimate of drug-likeness (QED) is 0.487. The summed E-state index contributed by atoms with van der Waals surface area (Å²) in [5, 5.41) is 0. The van der Waals surface area contributed by atoms with Crippen molar-refractivity contribution in [2.45, 2.75) is 26.2 Å². The van der Waals surface area contributed by atoms with E-state index in [9.17, 15) is 9.59 Å². The van der Waals surface area contributed by atoms with E-state index in [0.29, 0.717) is 12.8 Å². The van der Waals surface area contributed by atoms with Gasteiger partial charge in [0.25, 0.3) is 0 Å². The maximum absolute atomic E-state index is 11.7. The Labute approximate surface area is 89.5 Å². The summed E-state index contributed by atoms with van der Waals surface area (Å²) in [4.78, 5) is 23.3. The Kier molecular flexibility index (Phi) is 2.63. The third-order valence-electron chi connectivity index (χ3n) is 3.72. The second-order valence-electron chi connectivity index (χ2n) is 4.45. The number of ketones is 1. The Morgan fingerprint density at radius 2 is 2.27 bits per heavy atom. The highest BCUT2D eigenvalue weighted by Crippen LogP contribution is 2.43. The predicted octanol–water partition coefficient (Wildman–Crippen LogP) is 1.72. The highest BCUT2D eigenvalue weighted by Gasteiger charge is 2.45. The summed E-state index contributed by atoms with van der Waals surface area (Å²) in [5.41, 5.74) is 1.27. The fraction of sp³-hybridized carbons (Fsp3) is 0.667. The third kappa shape index (κ3) is 1.60. The lowest BCUT2D eigenvalue weighted by atomic mass is 9.74. The zero-order valence-corrected chi connectivity index (χ0v) is 9.16. The van der Waals surface area contributed by atoms with Crippen LogP contribution in [0.3, 0.4) is 0 Å². The number of rotatable bonds is 1. The number of ether oxygens (including phenoxy) is 1. The monoisotopic (exact) mass is 208 g/mol. The summed E-state index contributed by atoms with van der Waals surface area (Å²) >= 11 is 0. The van der Waals surface area contributed by atoms with Crippen LogP contribution in [0, 0.1) is 17.8 Å². The zero-order valence-electron chi connectivity index (χ0n) is 9.16. The summed E-state index contributed by atoms with van der Waals surface area (Å²) in [6.45, 7) is 2.06. The Morgan fingerprint density at radius 1 is 1.53 bits per heavy atom.